The van der Waals surface area contributed by atoms with Crippen LogP contribution in [0.4, 0.5) is 0 Å². The van der Waals surface area contributed by atoms with Crippen LogP contribution in [-0.2, 0) is 9.53 Å². The van der Waals surface area contributed by atoms with Crippen molar-refractivity contribution >= 4 is 11.8 Å². The lowest BCUT2D eigenvalue weighted by molar-refractivity contribution is -0.126. The Morgan fingerprint density at radius 3 is 2.87 bits per heavy atom. The van der Waals surface area contributed by atoms with E-state index in [9.17, 15) is 9.59 Å². The van der Waals surface area contributed by atoms with Crippen molar-refractivity contribution < 1.29 is 19.1 Å². The number of likely N-dealkylation sites (tertiary alicyclic amines) is 1. The summed E-state index contributed by atoms with van der Waals surface area (Å²) < 4.78 is 9.96. The van der Waals surface area contributed by atoms with Crippen molar-refractivity contribution in [2.75, 3.05) is 33.9 Å². The van der Waals surface area contributed by atoms with Crippen molar-refractivity contribution in [1.82, 2.24) is 15.2 Å². The minimum absolute atomic E-state index is 0.0770. The summed E-state index contributed by atoms with van der Waals surface area (Å²) in [4.78, 5) is 31.1. The van der Waals surface area contributed by atoms with E-state index in [1.807, 2.05) is 0 Å². The van der Waals surface area contributed by atoms with Crippen LogP contribution in [0.5, 0.6) is 5.88 Å². The highest BCUT2D eigenvalue weighted by Gasteiger charge is 2.68. The Bertz CT molecular complexity index is 604. The third kappa shape index (κ3) is 2.65. The molecular formula is C16H21N3O4. The van der Waals surface area contributed by atoms with Crippen LogP contribution in [-0.4, -0.2) is 61.2 Å². The smallest absolute Gasteiger partial charge is 0.256 e. The van der Waals surface area contributed by atoms with Gasteiger partial charge < -0.3 is 19.7 Å². The number of methoxy groups -OCH3 is 2. The minimum atomic E-state index is -0.676. The molecule has 2 fully saturated rings. The number of piperidine rings is 1. The van der Waals surface area contributed by atoms with Crippen molar-refractivity contribution in [3.8, 4) is 5.88 Å². The first-order valence-corrected chi connectivity index (χ1v) is 7.72. The minimum Gasteiger partial charge on any atom is -0.481 e. The second-order valence-corrected chi connectivity index (χ2v) is 5.91. The number of fused-ring (bicyclic) bond motifs is 1. The third-order valence-electron chi connectivity index (χ3n) is 4.68. The van der Waals surface area contributed by atoms with Crippen LogP contribution in [0.2, 0.25) is 0 Å². The highest BCUT2D eigenvalue weighted by molar-refractivity contribution is 6.01. The van der Waals surface area contributed by atoms with Crippen LogP contribution in [0, 0.1) is 5.92 Å². The quantitative estimate of drug-likeness (QED) is 0.770. The van der Waals surface area contributed by atoms with Gasteiger partial charge in [-0.05, 0) is 24.8 Å². The average Bonchev–Trinajstić information content (AvgIpc) is 3.20. The maximum atomic E-state index is 12.8. The van der Waals surface area contributed by atoms with Gasteiger partial charge in [0.2, 0.25) is 11.8 Å². The summed E-state index contributed by atoms with van der Waals surface area (Å²) in [6.45, 7) is 1.52. The van der Waals surface area contributed by atoms with Gasteiger partial charge in [-0.15, -0.1) is 0 Å². The van der Waals surface area contributed by atoms with Crippen molar-refractivity contribution in [2.45, 2.75) is 18.4 Å². The summed E-state index contributed by atoms with van der Waals surface area (Å²) in [7, 11) is 3.12. The maximum Gasteiger partial charge on any atom is 0.256 e. The number of hydrogen-bond donors (Lipinski definition) is 1. The summed E-state index contributed by atoms with van der Waals surface area (Å²) in [5.41, 5.74) is -0.201. The summed E-state index contributed by atoms with van der Waals surface area (Å²) in [5, 5.41) is 2.87. The third-order valence-corrected chi connectivity index (χ3v) is 4.68. The monoisotopic (exact) mass is 319 g/mol. The topological polar surface area (TPSA) is 80.8 Å². The zero-order valence-corrected chi connectivity index (χ0v) is 13.4. The molecule has 2 heterocycles. The molecule has 7 nitrogen and oxygen atoms in total. The molecule has 124 valence electrons. The van der Waals surface area contributed by atoms with Crippen LogP contribution >= 0.6 is 0 Å². The molecule has 0 aromatic carbocycles. The molecule has 7 heteroatoms. The fourth-order valence-corrected chi connectivity index (χ4v) is 3.36. The van der Waals surface area contributed by atoms with Gasteiger partial charge in [-0.1, -0.05) is 0 Å². The second-order valence-electron chi connectivity index (χ2n) is 5.91. The molecule has 1 saturated heterocycles. The van der Waals surface area contributed by atoms with Gasteiger partial charge in [-0.25, -0.2) is 4.98 Å². The zero-order valence-electron chi connectivity index (χ0n) is 13.4. The molecule has 23 heavy (non-hydrogen) atoms. The SMILES string of the molecule is COCCNC(=O)C12CC1CCN2C(=O)c1ccc(OC)nc1. The second kappa shape index (κ2) is 6.16. The summed E-state index contributed by atoms with van der Waals surface area (Å²) in [5.74, 6) is 0.494. The standard InChI is InChI=1S/C16H21N3O4/c1-22-8-6-17-15(21)16-9-12(16)5-7-19(16)14(20)11-3-4-13(23-2)18-10-11/h3-4,10,12H,5-9H2,1-2H3,(H,17,21). The van der Waals surface area contributed by atoms with E-state index in [2.05, 4.69) is 10.3 Å². The molecule has 1 aromatic rings. The number of carbonyl (C=O) groups is 2. The lowest BCUT2D eigenvalue weighted by Crippen LogP contribution is -2.51. The van der Waals surface area contributed by atoms with Gasteiger partial charge in [0.25, 0.3) is 5.91 Å². The molecule has 0 spiro atoms. The van der Waals surface area contributed by atoms with E-state index in [0.717, 1.165) is 12.8 Å². The number of carbonyl (C=O) groups excluding carboxylic acids is 2. The van der Waals surface area contributed by atoms with Crippen LogP contribution in [0.25, 0.3) is 0 Å². The molecule has 1 aliphatic heterocycles. The van der Waals surface area contributed by atoms with E-state index in [1.165, 1.54) is 13.3 Å². The van der Waals surface area contributed by atoms with Gasteiger partial charge in [-0.2, -0.15) is 0 Å². The number of nitrogens with zero attached hydrogens (tertiary/aromatic N) is 2. The Kier molecular flexibility index (Phi) is 4.21. The van der Waals surface area contributed by atoms with Gasteiger partial charge in [-0.3, -0.25) is 9.59 Å². The molecule has 2 amide bonds. The number of hydrogen-bond acceptors (Lipinski definition) is 5. The Morgan fingerprint density at radius 2 is 2.26 bits per heavy atom. The molecule has 0 radical (unpaired) electrons. The zero-order chi connectivity index (χ0) is 16.4. The van der Waals surface area contributed by atoms with E-state index in [1.54, 1.807) is 24.1 Å². The summed E-state index contributed by atoms with van der Waals surface area (Å²) in [6.07, 6.45) is 3.10. The first kappa shape index (κ1) is 15.7. The lowest BCUT2D eigenvalue weighted by atomic mass is 10.1. The van der Waals surface area contributed by atoms with E-state index < -0.39 is 5.54 Å². The summed E-state index contributed by atoms with van der Waals surface area (Å²) >= 11 is 0. The van der Waals surface area contributed by atoms with Crippen LogP contribution in [0.1, 0.15) is 23.2 Å². The maximum absolute atomic E-state index is 12.8. The average molecular weight is 319 g/mol. The van der Waals surface area contributed by atoms with Crippen molar-refractivity contribution in [2.24, 2.45) is 5.92 Å². The first-order valence-electron chi connectivity index (χ1n) is 7.72. The molecule has 1 N–H and O–H groups in total. The molecule has 0 bridgehead atoms. The fraction of sp³-hybridized carbons (Fsp3) is 0.562. The number of rotatable bonds is 6. The highest BCUT2D eigenvalue weighted by atomic mass is 16.5. The largest absolute Gasteiger partial charge is 0.481 e. The molecular weight excluding hydrogens is 298 g/mol. The molecule has 2 unspecified atom stereocenters. The Hall–Kier alpha value is -2.15. The van der Waals surface area contributed by atoms with E-state index in [4.69, 9.17) is 9.47 Å². The van der Waals surface area contributed by atoms with Gasteiger partial charge in [0.1, 0.15) is 5.54 Å². The van der Waals surface area contributed by atoms with Crippen molar-refractivity contribution in [3.05, 3.63) is 23.9 Å². The summed E-state index contributed by atoms with van der Waals surface area (Å²) in [6, 6.07) is 3.33. The van der Waals surface area contributed by atoms with Crippen molar-refractivity contribution in [3.63, 3.8) is 0 Å². The van der Waals surface area contributed by atoms with Gasteiger partial charge in [0, 0.05) is 32.5 Å². The molecule has 3 rings (SSSR count). The van der Waals surface area contributed by atoms with Gasteiger partial charge >= 0.3 is 0 Å². The molecule has 1 aromatic heterocycles. The van der Waals surface area contributed by atoms with E-state index >= 15 is 0 Å². The fourth-order valence-electron chi connectivity index (χ4n) is 3.36. The molecule has 1 aliphatic carbocycles. The molecule has 1 saturated carbocycles. The molecule has 2 atom stereocenters. The van der Waals surface area contributed by atoms with Crippen LogP contribution in [0.3, 0.4) is 0 Å². The van der Waals surface area contributed by atoms with Crippen molar-refractivity contribution in [1.29, 1.82) is 0 Å². The number of nitrogens with one attached hydrogen (secondary N) is 1. The number of ether oxygens (including phenoxy) is 2. The Balaban J connectivity index is 1.73. The van der Waals surface area contributed by atoms with E-state index in [0.29, 0.717) is 31.1 Å². The Morgan fingerprint density at radius 1 is 1.43 bits per heavy atom. The van der Waals surface area contributed by atoms with Crippen LogP contribution in [0.15, 0.2) is 18.3 Å². The number of aromatic nitrogens is 1. The van der Waals surface area contributed by atoms with E-state index in [-0.39, 0.29) is 17.7 Å². The normalized spacial score (nSPS) is 25.0. The Labute approximate surface area is 135 Å². The van der Waals surface area contributed by atoms with Gasteiger partial charge in [0.05, 0.1) is 19.3 Å². The van der Waals surface area contributed by atoms with Crippen LogP contribution < -0.4 is 10.1 Å². The number of amides is 2. The predicted molar refractivity (Wildman–Crippen MR) is 82.2 cm³/mol. The first-order chi connectivity index (χ1) is 11.1. The number of pyridine rings is 1. The van der Waals surface area contributed by atoms with Gasteiger partial charge in [0.15, 0.2) is 0 Å². The highest BCUT2D eigenvalue weighted by Crippen LogP contribution is 2.56. The molecule has 2 aliphatic rings. The lowest BCUT2D eigenvalue weighted by Gasteiger charge is -2.27. The predicted octanol–water partition coefficient (Wildman–Crippen LogP) is 0.457.